The zero-order chi connectivity index (χ0) is 17.1. The van der Waals surface area contributed by atoms with E-state index in [-0.39, 0.29) is 0 Å². The molecule has 0 N–H and O–H groups in total. The molecule has 22 heavy (non-hydrogen) atoms. The molecule has 0 aliphatic heterocycles. The van der Waals surface area contributed by atoms with Crippen LogP contribution in [-0.2, 0) is 16.0 Å². The number of halogens is 5. The largest absolute Gasteiger partial charge is 0.574 e. The minimum Gasteiger partial charge on any atom is -0.469 e. The third kappa shape index (κ3) is 4.49. The van der Waals surface area contributed by atoms with Crippen molar-refractivity contribution < 1.29 is 41.1 Å². The first-order valence-electron chi connectivity index (χ1n) is 5.34. The lowest BCUT2D eigenvalue weighted by atomic mass is 10.1. The lowest BCUT2D eigenvalue weighted by Crippen LogP contribution is -2.20. The van der Waals surface area contributed by atoms with Crippen molar-refractivity contribution in [2.24, 2.45) is 0 Å². The molecule has 7 nitrogen and oxygen atoms in total. The molecule has 0 spiro atoms. The van der Waals surface area contributed by atoms with Gasteiger partial charge in [-0.15, -0.1) is 13.2 Å². The van der Waals surface area contributed by atoms with Crippen LogP contribution in [0.1, 0.15) is 17.7 Å². The van der Waals surface area contributed by atoms with Gasteiger partial charge in [0.25, 0.3) is 6.43 Å². The van der Waals surface area contributed by atoms with E-state index >= 15 is 0 Å². The van der Waals surface area contributed by atoms with Gasteiger partial charge in [0.15, 0.2) is 0 Å². The Balaban J connectivity index is 3.47. The highest BCUT2D eigenvalue weighted by molar-refractivity contribution is 5.72. The number of hydrogen-bond donors (Lipinski definition) is 0. The molecule has 0 amide bonds. The van der Waals surface area contributed by atoms with Crippen molar-refractivity contribution in [3.63, 3.8) is 0 Å². The van der Waals surface area contributed by atoms with E-state index in [1.54, 1.807) is 0 Å². The summed E-state index contributed by atoms with van der Waals surface area (Å²) in [5.74, 6) is -2.66. The number of hydrogen-bond acceptors (Lipinski definition) is 6. The smallest absolute Gasteiger partial charge is 0.469 e. The number of nitrogens with zero attached hydrogens (tertiary/aromatic N) is 2. The zero-order valence-corrected chi connectivity index (χ0v) is 10.7. The minimum atomic E-state index is -5.39. The number of nitro groups is 1. The van der Waals surface area contributed by atoms with Gasteiger partial charge in [0, 0.05) is 0 Å². The van der Waals surface area contributed by atoms with E-state index in [1.165, 1.54) is 0 Å². The maximum Gasteiger partial charge on any atom is 0.574 e. The molecular weight excluding hydrogens is 323 g/mol. The highest BCUT2D eigenvalue weighted by atomic mass is 19.4. The van der Waals surface area contributed by atoms with Crippen molar-refractivity contribution in [3.8, 4) is 5.88 Å². The Morgan fingerprint density at radius 2 is 2.05 bits per heavy atom. The van der Waals surface area contributed by atoms with Crippen LogP contribution in [0.4, 0.5) is 27.6 Å². The maximum atomic E-state index is 12.8. The molecule has 1 aromatic heterocycles. The van der Waals surface area contributed by atoms with E-state index < -0.39 is 52.9 Å². The number of ether oxygens (including phenoxy) is 2. The number of aromatic nitrogens is 1. The van der Waals surface area contributed by atoms with Gasteiger partial charge in [-0.1, -0.05) is 0 Å². The number of carbonyl (C=O) groups excluding carboxylic acids is 1. The number of pyridine rings is 1. The summed E-state index contributed by atoms with van der Waals surface area (Å²) in [6, 6.07) is 0.447. The van der Waals surface area contributed by atoms with Crippen molar-refractivity contribution in [3.05, 3.63) is 27.4 Å². The molecule has 1 aromatic rings. The van der Waals surface area contributed by atoms with Crippen molar-refractivity contribution in [1.82, 2.24) is 4.98 Å². The normalized spacial score (nSPS) is 11.4. The molecule has 1 rings (SSSR count). The van der Waals surface area contributed by atoms with Crippen LogP contribution in [0.15, 0.2) is 6.07 Å². The van der Waals surface area contributed by atoms with Crippen LogP contribution >= 0.6 is 0 Å². The van der Waals surface area contributed by atoms with E-state index in [4.69, 9.17) is 0 Å². The van der Waals surface area contributed by atoms with Crippen LogP contribution in [0.2, 0.25) is 0 Å². The van der Waals surface area contributed by atoms with Gasteiger partial charge in [0.05, 0.1) is 24.1 Å². The topological polar surface area (TPSA) is 91.6 Å². The summed E-state index contributed by atoms with van der Waals surface area (Å²) in [4.78, 5) is 23.4. The molecule has 0 unspecified atom stereocenters. The Labute approximate surface area is 118 Å². The van der Waals surface area contributed by atoms with Gasteiger partial charge in [0.1, 0.15) is 5.56 Å². The molecule has 0 fully saturated rings. The predicted molar refractivity (Wildman–Crippen MR) is 58.3 cm³/mol. The zero-order valence-electron chi connectivity index (χ0n) is 10.7. The minimum absolute atomic E-state index is 0.447. The first kappa shape index (κ1) is 17.5. The van der Waals surface area contributed by atoms with Gasteiger partial charge in [-0.25, -0.2) is 13.8 Å². The van der Waals surface area contributed by atoms with Gasteiger partial charge in [-0.3, -0.25) is 14.9 Å². The molecule has 0 saturated heterocycles. The van der Waals surface area contributed by atoms with Crippen LogP contribution in [0.25, 0.3) is 0 Å². The Morgan fingerprint density at radius 3 is 2.45 bits per heavy atom. The van der Waals surface area contributed by atoms with Crippen molar-refractivity contribution in [1.29, 1.82) is 0 Å². The van der Waals surface area contributed by atoms with Crippen LogP contribution in [-0.4, -0.2) is 29.3 Å². The summed E-state index contributed by atoms with van der Waals surface area (Å²) >= 11 is 0. The van der Waals surface area contributed by atoms with Crippen LogP contribution in [0.5, 0.6) is 5.88 Å². The van der Waals surface area contributed by atoms with Crippen molar-refractivity contribution in [2.45, 2.75) is 19.2 Å². The Kier molecular flexibility index (Phi) is 5.17. The summed E-state index contributed by atoms with van der Waals surface area (Å²) in [7, 11) is 0.953. The molecule has 122 valence electrons. The van der Waals surface area contributed by atoms with Gasteiger partial charge < -0.3 is 9.47 Å². The molecular formula is C10H7F5N2O5. The SMILES string of the molecule is COC(=O)Cc1cc(C(F)F)c([N+](=O)[O-])c(OC(F)(F)F)n1. The van der Waals surface area contributed by atoms with Crippen molar-refractivity contribution in [2.75, 3.05) is 7.11 Å². The average Bonchev–Trinajstić information content (AvgIpc) is 2.35. The molecule has 0 bridgehead atoms. The van der Waals surface area contributed by atoms with Gasteiger partial charge >= 0.3 is 23.9 Å². The third-order valence-corrected chi connectivity index (χ3v) is 2.23. The molecule has 1 heterocycles. The highest BCUT2D eigenvalue weighted by Gasteiger charge is 2.38. The van der Waals surface area contributed by atoms with Gasteiger partial charge in [-0.2, -0.15) is 0 Å². The summed E-state index contributed by atoms with van der Waals surface area (Å²) < 4.78 is 69.8. The second-order valence-electron chi connectivity index (χ2n) is 3.72. The average molecular weight is 330 g/mol. The monoisotopic (exact) mass is 330 g/mol. The number of carbonyl (C=O) groups is 1. The van der Waals surface area contributed by atoms with Crippen molar-refractivity contribution >= 4 is 11.7 Å². The summed E-state index contributed by atoms with van der Waals surface area (Å²) in [6.07, 6.45) is -9.63. The number of methoxy groups -OCH3 is 1. The molecule has 12 heteroatoms. The molecule has 0 aliphatic carbocycles. The second-order valence-corrected chi connectivity index (χ2v) is 3.72. The molecule has 0 saturated carbocycles. The van der Waals surface area contributed by atoms with Crippen LogP contribution in [0.3, 0.4) is 0 Å². The lowest BCUT2D eigenvalue weighted by molar-refractivity contribution is -0.390. The molecule has 0 aliphatic rings. The first-order chi connectivity index (χ1) is 10.0. The van der Waals surface area contributed by atoms with Crippen LogP contribution < -0.4 is 4.74 Å². The fourth-order valence-corrected chi connectivity index (χ4v) is 1.43. The van der Waals surface area contributed by atoms with Gasteiger partial charge in [-0.05, 0) is 6.07 Å². The summed E-state index contributed by atoms with van der Waals surface area (Å²) in [5, 5.41) is 10.7. The van der Waals surface area contributed by atoms with Gasteiger partial charge in [0.2, 0.25) is 0 Å². The van der Waals surface area contributed by atoms with E-state index in [1.807, 2.05) is 0 Å². The second kappa shape index (κ2) is 6.49. The van der Waals surface area contributed by atoms with E-state index in [2.05, 4.69) is 14.5 Å². The Bertz CT molecular complexity index is 590. The van der Waals surface area contributed by atoms with Crippen LogP contribution in [0, 0.1) is 10.1 Å². The van der Waals surface area contributed by atoms with E-state index in [0.29, 0.717) is 6.07 Å². The van der Waals surface area contributed by atoms with E-state index in [0.717, 1.165) is 7.11 Å². The van der Waals surface area contributed by atoms with E-state index in [9.17, 15) is 36.9 Å². The quantitative estimate of drug-likeness (QED) is 0.357. The fraction of sp³-hybridized carbons (Fsp3) is 0.400. The highest BCUT2D eigenvalue weighted by Crippen LogP contribution is 2.38. The maximum absolute atomic E-state index is 12.8. The first-order valence-corrected chi connectivity index (χ1v) is 5.34. The predicted octanol–water partition coefficient (Wildman–Crippen LogP) is 2.54. The molecule has 0 aromatic carbocycles. The number of alkyl halides is 5. The summed E-state index contributed by atoms with van der Waals surface area (Å²) in [6.45, 7) is 0. The summed E-state index contributed by atoms with van der Waals surface area (Å²) in [5.41, 5.74) is -3.56. The number of esters is 1. The molecule has 0 radical (unpaired) electrons. The standard InChI is InChI=1S/C10H7F5N2O5/c1-21-6(18)3-4-2-5(8(11)12)7(17(19)20)9(16-4)22-10(13,14)15/h2,8H,3H2,1H3. The fourth-order valence-electron chi connectivity index (χ4n) is 1.43. The third-order valence-electron chi connectivity index (χ3n) is 2.23. The number of rotatable bonds is 5. The lowest BCUT2D eigenvalue weighted by Gasteiger charge is -2.12. The Morgan fingerprint density at radius 1 is 1.45 bits per heavy atom. The molecule has 0 atom stereocenters. The Hall–Kier alpha value is -2.53.